The van der Waals surface area contributed by atoms with E-state index in [2.05, 4.69) is 5.32 Å². The van der Waals surface area contributed by atoms with Crippen LogP contribution in [0.3, 0.4) is 0 Å². The third-order valence-corrected chi connectivity index (χ3v) is 3.26. The van der Waals surface area contributed by atoms with Gasteiger partial charge in [0.1, 0.15) is 0 Å². The fourth-order valence-corrected chi connectivity index (χ4v) is 2.09. The smallest absolute Gasteiger partial charge is 0.264 e. The first-order valence-electron chi connectivity index (χ1n) is 5.25. The molecule has 0 aliphatic heterocycles. The Morgan fingerprint density at radius 2 is 2.31 bits per heavy atom. The Morgan fingerprint density at radius 3 is 2.88 bits per heavy atom. The number of carbonyl (C=O) groups is 2. The van der Waals surface area contributed by atoms with Crippen LogP contribution in [0.4, 0.5) is 0 Å². The molecule has 0 bridgehead atoms. The average Bonchev–Trinajstić information content (AvgIpc) is 2.89. The van der Waals surface area contributed by atoms with Gasteiger partial charge in [-0.2, -0.15) is 0 Å². The van der Waals surface area contributed by atoms with Crippen LogP contribution in [0, 0.1) is 0 Å². The molecular formula is C11H14N2O2S. The maximum Gasteiger partial charge on any atom is 0.264 e. The van der Waals surface area contributed by atoms with Crippen molar-refractivity contribution in [1.29, 1.82) is 0 Å². The van der Waals surface area contributed by atoms with Crippen LogP contribution in [-0.2, 0) is 4.79 Å². The lowest BCUT2D eigenvalue weighted by molar-refractivity contribution is -0.121. The summed E-state index contributed by atoms with van der Waals surface area (Å²) in [5.74, 6) is -0.171. The van der Waals surface area contributed by atoms with Crippen LogP contribution >= 0.6 is 11.3 Å². The number of likely N-dealkylation sites (N-methyl/N-ethyl adjacent to an activating group) is 1. The lowest BCUT2D eigenvalue weighted by Crippen LogP contribution is -2.38. The molecule has 1 aromatic rings. The van der Waals surface area contributed by atoms with Crippen molar-refractivity contribution >= 4 is 23.2 Å². The largest absolute Gasteiger partial charge is 0.352 e. The molecule has 86 valence electrons. The zero-order valence-electron chi connectivity index (χ0n) is 9.10. The highest BCUT2D eigenvalue weighted by Crippen LogP contribution is 2.18. The zero-order valence-corrected chi connectivity index (χ0v) is 9.92. The number of carbonyl (C=O) groups excluding carboxylic acids is 2. The van der Waals surface area contributed by atoms with Crippen molar-refractivity contribution in [2.45, 2.75) is 18.9 Å². The van der Waals surface area contributed by atoms with Crippen molar-refractivity contribution in [3.05, 3.63) is 22.4 Å². The van der Waals surface area contributed by atoms with Crippen LogP contribution < -0.4 is 5.32 Å². The van der Waals surface area contributed by atoms with Crippen molar-refractivity contribution in [2.24, 2.45) is 0 Å². The molecule has 1 saturated carbocycles. The molecule has 1 fully saturated rings. The molecule has 1 aliphatic carbocycles. The first-order chi connectivity index (χ1) is 7.66. The van der Waals surface area contributed by atoms with Gasteiger partial charge in [0.05, 0.1) is 11.4 Å². The number of nitrogens with one attached hydrogen (secondary N) is 1. The molecule has 0 unspecified atom stereocenters. The molecule has 0 saturated heterocycles. The summed E-state index contributed by atoms with van der Waals surface area (Å²) in [6.45, 7) is 0.132. The van der Waals surface area contributed by atoms with Gasteiger partial charge in [-0.3, -0.25) is 9.59 Å². The third kappa shape index (κ3) is 2.82. The standard InChI is InChI=1S/C11H14N2O2S/c1-13(7-10(14)12-8-4-5-8)11(15)9-3-2-6-16-9/h2-3,6,8H,4-5,7H2,1H3,(H,12,14). The van der Waals surface area contributed by atoms with Crippen molar-refractivity contribution in [2.75, 3.05) is 13.6 Å². The molecule has 5 heteroatoms. The molecular weight excluding hydrogens is 224 g/mol. The lowest BCUT2D eigenvalue weighted by Gasteiger charge is -2.15. The van der Waals surface area contributed by atoms with Gasteiger partial charge in [0.2, 0.25) is 5.91 Å². The summed E-state index contributed by atoms with van der Waals surface area (Å²) in [6.07, 6.45) is 2.13. The lowest BCUT2D eigenvalue weighted by atomic mass is 10.4. The van der Waals surface area contributed by atoms with Crippen molar-refractivity contribution in [1.82, 2.24) is 10.2 Å². The van der Waals surface area contributed by atoms with E-state index in [-0.39, 0.29) is 18.4 Å². The summed E-state index contributed by atoms with van der Waals surface area (Å²) in [6, 6.07) is 3.94. The summed E-state index contributed by atoms with van der Waals surface area (Å²) in [5.41, 5.74) is 0. The number of hydrogen-bond acceptors (Lipinski definition) is 3. The second-order valence-corrected chi connectivity index (χ2v) is 4.93. The second-order valence-electron chi connectivity index (χ2n) is 3.98. The van der Waals surface area contributed by atoms with Gasteiger partial charge in [-0.05, 0) is 24.3 Å². The number of amides is 2. The Bertz CT molecular complexity index is 385. The van der Waals surface area contributed by atoms with Crippen molar-refractivity contribution in [3.63, 3.8) is 0 Å². The predicted octanol–water partition coefficient (Wildman–Crippen LogP) is 1.10. The highest BCUT2D eigenvalue weighted by atomic mass is 32.1. The first-order valence-corrected chi connectivity index (χ1v) is 6.13. The van der Waals surface area contributed by atoms with Gasteiger partial charge in [0.15, 0.2) is 0 Å². The minimum Gasteiger partial charge on any atom is -0.352 e. The highest BCUT2D eigenvalue weighted by Gasteiger charge is 2.24. The van der Waals surface area contributed by atoms with E-state index < -0.39 is 0 Å². The Kier molecular flexibility index (Phi) is 3.24. The molecule has 1 N–H and O–H groups in total. The monoisotopic (exact) mass is 238 g/mol. The van der Waals surface area contributed by atoms with E-state index in [1.54, 1.807) is 13.1 Å². The molecule has 0 atom stereocenters. The minimum atomic E-state index is -0.0963. The van der Waals surface area contributed by atoms with E-state index in [9.17, 15) is 9.59 Å². The Balaban J connectivity index is 1.84. The minimum absolute atomic E-state index is 0.0742. The van der Waals surface area contributed by atoms with Gasteiger partial charge in [0, 0.05) is 13.1 Å². The van der Waals surface area contributed by atoms with Crippen LogP contribution in [0.5, 0.6) is 0 Å². The van der Waals surface area contributed by atoms with E-state index in [0.29, 0.717) is 10.9 Å². The molecule has 1 aromatic heterocycles. The van der Waals surface area contributed by atoms with E-state index >= 15 is 0 Å². The van der Waals surface area contributed by atoms with Crippen LogP contribution in [0.2, 0.25) is 0 Å². The molecule has 4 nitrogen and oxygen atoms in total. The maximum absolute atomic E-state index is 11.8. The molecule has 0 radical (unpaired) electrons. The number of rotatable bonds is 4. The number of hydrogen-bond donors (Lipinski definition) is 1. The highest BCUT2D eigenvalue weighted by molar-refractivity contribution is 7.12. The van der Waals surface area contributed by atoms with Crippen molar-refractivity contribution in [3.8, 4) is 0 Å². The Hall–Kier alpha value is -1.36. The predicted molar refractivity (Wildman–Crippen MR) is 62.4 cm³/mol. The van der Waals surface area contributed by atoms with Gasteiger partial charge in [-0.25, -0.2) is 0 Å². The summed E-state index contributed by atoms with van der Waals surface area (Å²) < 4.78 is 0. The number of thiophene rings is 1. The fourth-order valence-electron chi connectivity index (χ4n) is 1.38. The molecule has 1 aliphatic rings. The van der Waals surface area contributed by atoms with Gasteiger partial charge >= 0.3 is 0 Å². The fraction of sp³-hybridized carbons (Fsp3) is 0.455. The average molecular weight is 238 g/mol. The molecule has 1 heterocycles. The van der Waals surface area contributed by atoms with Gasteiger partial charge in [0.25, 0.3) is 5.91 Å². The van der Waals surface area contributed by atoms with E-state index in [1.165, 1.54) is 16.2 Å². The quantitative estimate of drug-likeness (QED) is 0.854. The van der Waals surface area contributed by atoms with Crippen LogP contribution in [0.15, 0.2) is 17.5 Å². The van der Waals surface area contributed by atoms with Gasteiger partial charge in [-0.15, -0.1) is 11.3 Å². The summed E-state index contributed by atoms with van der Waals surface area (Å²) in [7, 11) is 1.65. The van der Waals surface area contributed by atoms with Gasteiger partial charge in [-0.1, -0.05) is 6.07 Å². The molecule has 2 amide bonds. The van der Waals surface area contributed by atoms with Crippen LogP contribution in [0.25, 0.3) is 0 Å². The van der Waals surface area contributed by atoms with E-state index in [4.69, 9.17) is 0 Å². The third-order valence-electron chi connectivity index (χ3n) is 2.40. The zero-order chi connectivity index (χ0) is 11.5. The van der Waals surface area contributed by atoms with E-state index in [0.717, 1.165) is 12.8 Å². The SMILES string of the molecule is CN(CC(=O)NC1CC1)C(=O)c1cccs1. The molecule has 16 heavy (non-hydrogen) atoms. The van der Waals surface area contributed by atoms with Crippen LogP contribution in [0.1, 0.15) is 22.5 Å². The summed E-state index contributed by atoms with van der Waals surface area (Å²) >= 11 is 1.39. The molecule has 0 aromatic carbocycles. The Labute approximate surface area is 98.3 Å². The molecule has 2 rings (SSSR count). The van der Waals surface area contributed by atoms with E-state index in [1.807, 2.05) is 11.4 Å². The summed E-state index contributed by atoms with van der Waals surface area (Å²) in [5, 5.41) is 4.71. The number of nitrogens with zero attached hydrogens (tertiary/aromatic N) is 1. The first kappa shape index (κ1) is 11.1. The second kappa shape index (κ2) is 4.65. The summed E-state index contributed by atoms with van der Waals surface area (Å²) in [4.78, 5) is 25.4. The molecule has 0 spiro atoms. The van der Waals surface area contributed by atoms with Crippen LogP contribution in [-0.4, -0.2) is 36.3 Å². The van der Waals surface area contributed by atoms with Gasteiger partial charge < -0.3 is 10.2 Å². The normalized spacial score (nSPS) is 14.6. The Morgan fingerprint density at radius 1 is 1.56 bits per heavy atom. The maximum atomic E-state index is 11.8. The topological polar surface area (TPSA) is 49.4 Å². The van der Waals surface area contributed by atoms with Crippen molar-refractivity contribution < 1.29 is 9.59 Å².